The number of nitrogens with one attached hydrogen (secondary N) is 1. The second-order valence-electron chi connectivity index (χ2n) is 8.12. The first-order chi connectivity index (χ1) is 14.0. The fourth-order valence-electron chi connectivity index (χ4n) is 4.44. The van der Waals surface area contributed by atoms with E-state index in [-0.39, 0.29) is 29.6 Å². The molecule has 150 valence electrons. The average Bonchev–Trinajstić information content (AvgIpc) is 2.99. The molecule has 2 aliphatic rings. The van der Waals surface area contributed by atoms with Gasteiger partial charge in [-0.15, -0.1) is 0 Å². The van der Waals surface area contributed by atoms with Crippen LogP contribution in [0.15, 0.2) is 48.5 Å². The molecule has 2 aromatic rings. The van der Waals surface area contributed by atoms with E-state index in [4.69, 9.17) is 0 Å². The summed E-state index contributed by atoms with van der Waals surface area (Å²) in [7, 11) is 0. The second-order valence-corrected chi connectivity index (χ2v) is 8.12. The van der Waals surface area contributed by atoms with Crippen LogP contribution in [0.1, 0.15) is 57.5 Å². The third-order valence-electron chi connectivity index (χ3n) is 6.13. The van der Waals surface area contributed by atoms with Gasteiger partial charge in [-0.1, -0.05) is 54.8 Å². The third-order valence-corrected chi connectivity index (χ3v) is 6.13. The minimum absolute atomic E-state index is 0.00369. The highest BCUT2D eigenvalue weighted by Crippen LogP contribution is 2.33. The Labute approximate surface area is 171 Å². The molecule has 1 heterocycles. The van der Waals surface area contributed by atoms with Crippen LogP contribution in [-0.2, 0) is 11.3 Å². The largest absolute Gasteiger partial charge is 0.352 e. The molecule has 1 aliphatic carbocycles. The van der Waals surface area contributed by atoms with Crippen LogP contribution in [-0.4, -0.2) is 29.2 Å². The standard InChI is InChI=1S/C24H26N2O3/c1-16-10-12-17(13-11-16)14-25-22(27)19-7-3-2-6-18(19)15-26-23(28)20-8-4-5-9-21(20)24(26)29/h4-5,8-13,18-19H,2-3,6-7,14-15H2,1H3,(H,25,27). The summed E-state index contributed by atoms with van der Waals surface area (Å²) >= 11 is 0. The Kier molecular flexibility index (Phi) is 5.47. The molecule has 4 rings (SSSR count). The quantitative estimate of drug-likeness (QED) is 0.792. The van der Waals surface area contributed by atoms with Crippen molar-refractivity contribution < 1.29 is 14.4 Å². The van der Waals surface area contributed by atoms with Crippen LogP contribution in [0.5, 0.6) is 0 Å². The fraction of sp³-hybridized carbons (Fsp3) is 0.375. The van der Waals surface area contributed by atoms with E-state index >= 15 is 0 Å². The number of amides is 3. The predicted molar refractivity (Wildman–Crippen MR) is 110 cm³/mol. The first kappa shape index (κ1) is 19.4. The molecule has 1 aliphatic heterocycles. The van der Waals surface area contributed by atoms with Crippen molar-refractivity contribution in [2.45, 2.75) is 39.2 Å². The van der Waals surface area contributed by atoms with Gasteiger partial charge in [0.2, 0.25) is 5.91 Å². The minimum Gasteiger partial charge on any atom is -0.352 e. The van der Waals surface area contributed by atoms with Crippen molar-refractivity contribution in [3.63, 3.8) is 0 Å². The van der Waals surface area contributed by atoms with Gasteiger partial charge in [0, 0.05) is 19.0 Å². The summed E-state index contributed by atoms with van der Waals surface area (Å²) < 4.78 is 0. The van der Waals surface area contributed by atoms with Crippen molar-refractivity contribution in [3.8, 4) is 0 Å². The van der Waals surface area contributed by atoms with Crippen molar-refractivity contribution in [3.05, 3.63) is 70.8 Å². The zero-order valence-corrected chi connectivity index (χ0v) is 16.7. The smallest absolute Gasteiger partial charge is 0.261 e. The molecule has 3 amide bonds. The van der Waals surface area contributed by atoms with Crippen molar-refractivity contribution in [1.82, 2.24) is 10.2 Å². The topological polar surface area (TPSA) is 66.5 Å². The molecule has 0 saturated heterocycles. The summed E-state index contributed by atoms with van der Waals surface area (Å²) in [4.78, 5) is 39.6. The van der Waals surface area contributed by atoms with Crippen molar-refractivity contribution in [1.29, 1.82) is 0 Å². The Bertz CT molecular complexity index is 900. The lowest BCUT2D eigenvalue weighted by molar-refractivity contribution is -0.128. The maximum atomic E-state index is 12.9. The number of aryl methyl sites for hydroxylation is 1. The van der Waals surface area contributed by atoms with Gasteiger partial charge in [-0.05, 0) is 43.4 Å². The Morgan fingerprint density at radius 1 is 0.966 bits per heavy atom. The van der Waals surface area contributed by atoms with Crippen LogP contribution in [0, 0.1) is 18.8 Å². The van der Waals surface area contributed by atoms with Gasteiger partial charge < -0.3 is 5.32 Å². The van der Waals surface area contributed by atoms with Gasteiger partial charge in [0.05, 0.1) is 11.1 Å². The number of fused-ring (bicyclic) bond motifs is 1. The number of hydrogen-bond donors (Lipinski definition) is 1. The summed E-state index contributed by atoms with van der Waals surface area (Å²) in [6.45, 7) is 2.85. The van der Waals surface area contributed by atoms with E-state index in [9.17, 15) is 14.4 Å². The van der Waals surface area contributed by atoms with E-state index in [0.29, 0.717) is 24.2 Å². The van der Waals surface area contributed by atoms with Crippen LogP contribution < -0.4 is 5.32 Å². The summed E-state index contributed by atoms with van der Waals surface area (Å²) in [5, 5.41) is 3.06. The molecular formula is C24H26N2O3. The highest BCUT2D eigenvalue weighted by atomic mass is 16.2. The zero-order valence-electron chi connectivity index (χ0n) is 16.7. The Hall–Kier alpha value is -2.95. The maximum Gasteiger partial charge on any atom is 0.261 e. The highest BCUT2D eigenvalue weighted by Gasteiger charge is 2.39. The van der Waals surface area contributed by atoms with E-state index in [1.54, 1.807) is 24.3 Å². The highest BCUT2D eigenvalue weighted by molar-refractivity contribution is 6.21. The van der Waals surface area contributed by atoms with E-state index in [0.717, 1.165) is 31.2 Å². The van der Waals surface area contributed by atoms with Gasteiger partial charge in [-0.2, -0.15) is 0 Å². The fourth-order valence-corrected chi connectivity index (χ4v) is 4.44. The molecule has 29 heavy (non-hydrogen) atoms. The number of imide groups is 1. The number of nitrogens with zero attached hydrogens (tertiary/aromatic N) is 1. The summed E-state index contributed by atoms with van der Waals surface area (Å²) in [6, 6.07) is 15.1. The number of benzene rings is 2. The van der Waals surface area contributed by atoms with Gasteiger partial charge in [0.1, 0.15) is 0 Å². The normalized spacial score (nSPS) is 21.2. The predicted octanol–water partition coefficient (Wildman–Crippen LogP) is 3.71. The number of rotatable bonds is 5. The molecule has 2 unspecified atom stereocenters. The molecule has 0 radical (unpaired) electrons. The lowest BCUT2D eigenvalue weighted by atomic mass is 9.78. The van der Waals surface area contributed by atoms with Gasteiger partial charge in [0.15, 0.2) is 0 Å². The molecule has 1 N–H and O–H groups in total. The number of carbonyl (C=O) groups is 3. The molecular weight excluding hydrogens is 364 g/mol. The SMILES string of the molecule is Cc1ccc(CNC(=O)C2CCCCC2CN2C(=O)c3ccccc3C2=O)cc1. The van der Waals surface area contributed by atoms with Crippen LogP contribution in [0.25, 0.3) is 0 Å². The third kappa shape index (κ3) is 3.95. The number of hydrogen-bond acceptors (Lipinski definition) is 3. The Morgan fingerprint density at radius 2 is 1.59 bits per heavy atom. The molecule has 2 atom stereocenters. The minimum atomic E-state index is -0.241. The first-order valence-electron chi connectivity index (χ1n) is 10.3. The van der Waals surface area contributed by atoms with Crippen molar-refractivity contribution in [2.75, 3.05) is 6.54 Å². The van der Waals surface area contributed by atoms with E-state index in [1.807, 2.05) is 31.2 Å². The van der Waals surface area contributed by atoms with Crippen molar-refractivity contribution in [2.24, 2.45) is 11.8 Å². The molecule has 1 saturated carbocycles. The number of carbonyl (C=O) groups excluding carboxylic acids is 3. The first-order valence-corrected chi connectivity index (χ1v) is 10.3. The second kappa shape index (κ2) is 8.19. The maximum absolute atomic E-state index is 12.9. The lowest BCUT2D eigenvalue weighted by Crippen LogP contribution is -2.43. The summed E-state index contributed by atoms with van der Waals surface area (Å²) in [5.41, 5.74) is 3.19. The van der Waals surface area contributed by atoms with Crippen LogP contribution in [0.3, 0.4) is 0 Å². The lowest BCUT2D eigenvalue weighted by Gasteiger charge is -2.32. The molecule has 0 bridgehead atoms. The van der Waals surface area contributed by atoms with E-state index < -0.39 is 0 Å². The van der Waals surface area contributed by atoms with Gasteiger partial charge in [-0.25, -0.2) is 0 Å². The Morgan fingerprint density at radius 3 is 2.24 bits per heavy atom. The van der Waals surface area contributed by atoms with Crippen LogP contribution in [0.2, 0.25) is 0 Å². The van der Waals surface area contributed by atoms with E-state index in [1.165, 1.54) is 10.5 Å². The van der Waals surface area contributed by atoms with Gasteiger partial charge in [0.25, 0.3) is 11.8 Å². The van der Waals surface area contributed by atoms with Gasteiger partial charge in [-0.3, -0.25) is 19.3 Å². The van der Waals surface area contributed by atoms with Crippen LogP contribution in [0.4, 0.5) is 0 Å². The molecule has 1 fully saturated rings. The molecule has 5 nitrogen and oxygen atoms in total. The zero-order chi connectivity index (χ0) is 20.4. The van der Waals surface area contributed by atoms with Crippen LogP contribution >= 0.6 is 0 Å². The molecule has 0 spiro atoms. The molecule has 5 heteroatoms. The molecule has 0 aromatic heterocycles. The van der Waals surface area contributed by atoms with Crippen molar-refractivity contribution >= 4 is 17.7 Å². The molecule has 2 aromatic carbocycles. The monoisotopic (exact) mass is 390 g/mol. The van der Waals surface area contributed by atoms with E-state index in [2.05, 4.69) is 5.32 Å². The van der Waals surface area contributed by atoms with Gasteiger partial charge >= 0.3 is 0 Å². The average molecular weight is 390 g/mol. The summed E-state index contributed by atoms with van der Waals surface area (Å²) in [6.07, 6.45) is 3.68. The Balaban J connectivity index is 1.42. The summed E-state index contributed by atoms with van der Waals surface area (Å²) in [5.74, 6) is -0.626.